The second-order valence-corrected chi connectivity index (χ2v) is 7.45. The van der Waals surface area contributed by atoms with E-state index in [2.05, 4.69) is 26.1 Å². The van der Waals surface area contributed by atoms with Gasteiger partial charge in [-0.05, 0) is 46.9 Å². The first-order valence-electron chi connectivity index (χ1n) is 9.21. The zero-order chi connectivity index (χ0) is 21.6. The third kappa shape index (κ3) is 5.44. The Labute approximate surface area is 172 Å². The molecular weight excluding hydrogens is 370 g/mol. The Morgan fingerprint density at radius 3 is 1.93 bits per heavy atom. The summed E-state index contributed by atoms with van der Waals surface area (Å²) in [6.45, 7) is 6.35. The zero-order valence-corrected chi connectivity index (χ0v) is 18.1. The van der Waals surface area contributed by atoms with Crippen molar-refractivity contribution in [2.24, 2.45) is 0 Å². The van der Waals surface area contributed by atoms with E-state index in [1.165, 1.54) is 6.08 Å². The number of methoxy groups -OCH3 is 4. The molecule has 0 spiro atoms. The minimum atomic E-state index is -0.275. The van der Waals surface area contributed by atoms with Crippen LogP contribution in [0.2, 0.25) is 0 Å². The molecule has 0 saturated carbocycles. The fourth-order valence-electron chi connectivity index (χ4n) is 2.82. The van der Waals surface area contributed by atoms with Gasteiger partial charge in [-0.25, -0.2) is 0 Å². The standard InChI is InChI=1S/C23H29NO5/c1-23(2,3)16-9-10-18(26-4)17(14-16)24-21(25)11-8-15-12-19(27-5)22(29-7)20(13-15)28-6/h8-14H,1-7H3,(H,24,25)/b11-8+. The van der Waals surface area contributed by atoms with Crippen LogP contribution in [0.15, 0.2) is 36.4 Å². The summed E-state index contributed by atoms with van der Waals surface area (Å²) in [7, 11) is 6.22. The lowest BCUT2D eigenvalue weighted by atomic mass is 9.87. The number of rotatable bonds is 7. The predicted octanol–water partition coefficient (Wildman–Crippen LogP) is 4.67. The number of amides is 1. The van der Waals surface area contributed by atoms with E-state index in [0.29, 0.717) is 28.7 Å². The third-order valence-electron chi connectivity index (χ3n) is 4.44. The molecule has 0 aromatic heterocycles. The first kappa shape index (κ1) is 22.1. The number of hydrogen-bond acceptors (Lipinski definition) is 5. The molecule has 0 unspecified atom stereocenters. The van der Waals surface area contributed by atoms with Crippen molar-refractivity contribution in [2.45, 2.75) is 26.2 Å². The van der Waals surface area contributed by atoms with Gasteiger partial charge in [0.1, 0.15) is 5.75 Å². The summed E-state index contributed by atoms with van der Waals surface area (Å²) in [5.74, 6) is 1.87. The van der Waals surface area contributed by atoms with Crippen molar-refractivity contribution < 1.29 is 23.7 Å². The summed E-state index contributed by atoms with van der Waals surface area (Å²) < 4.78 is 21.4. The van der Waals surface area contributed by atoms with Crippen LogP contribution in [0.25, 0.3) is 6.08 Å². The average Bonchev–Trinajstić information content (AvgIpc) is 2.70. The normalized spacial score (nSPS) is 11.3. The molecule has 6 nitrogen and oxygen atoms in total. The van der Waals surface area contributed by atoms with Gasteiger partial charge < -0.3 is 24.3 Å². The molecule has 0 saturated heterocycles. The Kier molecular flexibility index (Phi) is 7.15. The van der Waals surface area contributed by atoms with Crippen molar-refractivity contribution in [3.63, 3.8) is 0 Å². The van der Waals surface area contributed by atoms with Crippen molar-refractivity contribution in [1.82, 2.24) is 0 Å². The minimum absolute atomic E-state index is 0.0439. The van der Waals surface area contributed by atoms with Crippen LogP contribution in [-0.4, -0.2) is 34.3 Å². The van der Waals surface area contributed by atoms with Gasteiger partial charge in [-0.1, -0.05) is 26.8 Å². The van der Waals surface area contributed by atoms with Crippen molar-refractivity contribution >= 4 is 17.7 Å². The molecule has 0 aliphatic rings. The fourth-order valence-corrected chi connectivity index (χ4v) is 2.82. The topological polar surface area (TPSA) is 66.0 Å². The number of hydrogen-bond donors (Lipinski definition) is 1. The van der Waals surface area contributed by atoms with Crippen LogP contribution in [0.5, 0.6) is 23.0 Å². The molecule has 1 N–H and O–H groups in total. The summed E-state index contributed by atoms with van der Waals surface area (Å²) in [4.78, 5) is 12.5. The number of benzene rings is 2. The Bertz CT molecular complexity index is 872. The summed E-state index contributed by atoms with van der Waals surface area (Å²) in [6, 6.07) is 9.33. The molecular formula is C23H29NO5. The quantitative estimate of drug-likeness (QED) is 0.686. The number of carbonyl (C=O) groups excluding carboxylic acids is 1. The molecule has 2 rings (SSSR count). The van der Waals surface area contributed by atoms with E-state index in [4.69, 9.17) is 18.9 Å². The predicted molar refractivity (Wildman–Crippen MR) is 115 cm³/mol. The van der Waals surface area contributed by atoms with Crippen molar-refractivity contribution in [3.8, 4) is 23.0 Å². The monoisotopic (exact) mass is 399 g/mol. The minimum Gasteiger partial charge on any atom is -0.495 e. The maximum atomic E-state index is 12.5. The van der Waals surface area contributed by atoms with Crippen LogP contribution in [-0.2, 0) is 10.2 Å². The highest BCUT2D eigenvalue weighted by Gasteiger charge is 2.17. The van der Waals surface area contributed by atoms with Crippen LogP contribution < -0.4 is 24.3 Å². The Morgan fingerprint density at radius 1 is 0.862 bits per heavy atom. The molecule has 0 aliphatic carbocycles. The molecule has 0 atom stereocenters. The Hall–Kier alpha value is -3.15. The van der Waals surface area contributed by atoms with Gasteiger partial charge in [0.15, 0.2) is 11.5 Å². The summed E-state index contributed by atoms with van der Waals surface area (Å²) in [5.41, 5.74) is 2.42. The van der Waals surface area contributed by atoms with Gasteiger partial charge in [0, 0.05) is 6.08 Å². The Balaban J connectivity index is 2.26. The van der Waals surface area contributed by atoms with E-state index < -0.39 is 0 Å². The van der Waals surface area contributed by atoms with Gasteiger partial charge in [0.2, 0.25) is 11.7 Å². The first-order valence-corrected chi connectivity index (χ1v) is 9.21. The van der Waals surface area contributed by atoms with Crippen LogP contribution in [0.3, 0.4) is 0 Å². The number of carbonyl (C=O) groups is 1. The third-order valence-corrected chi connectivity index (χ3v) is 4.44. The molecule has 156 valence electrons. The zero-order valence-electron chi connectivity index (χ0n) is 18.1. The fraction of sp³-hybridized carbons (Fsp3) is 0.348. The Morgan fingerprint density at radius 2 is 1.45 bits per heavy atom. The van der Waals surface area contributed by atoms with Crippen LogP contribution >= 0.6 is 0 Å². The molecule has 29 heavy (non-hydrogen) atoms. The maximum absolute atomic E-state index is 12.5. The first-order chi connectivity index (χ1) is 13.7. The number of anilines is 1. The molecule has 0 fully saturated rings. The van der Waals surface area contributed by atoms with E-state index in [9.17, 15) is 4.79 Å². The van der Waals surface area contributed by atoms with Crippen LogP contribution in [0, 0.1) is 0 Å². The molecule has 0 radical (unpaired) electrons. The van der Waals surface area contributed by atoms with E-state index in [-0.39, 0.29) is 11.3 Å². The lowest BCUT2D eigenvalue weighted by Gasteiger charge is -2.21. The van der Waals surface area contributed by atoms with Crippen molar-refractivity contribution in [2.75, 3.05) is 33.8 Å². The second kappa shape index (κ2) is 9.37. The molecule has 0 aliphatic heterocycles. The van der Waals surface area contributed by atoms with Gasteiger partial charge in [-0.2, -0.15) is 0 Å². The van der Waals surface area contributed by atoms with E-state index in [1.807, 2.05) is 18.2 Å². The maximum Gasteiger partial charge on any atom is 0.248 e. The van der Waals surface area contributed by atoms with E-state index >= 15 is 0 Å². The highest BCUT2D eigenvalue weighted by Crippen LogP contribution is 2.38. The lowest BCUT2D eigenvalue weighted by molar-refractivity contribution is -0.111. The van der Waals surface area contributed by atoms with Crippen LogP contribution in [0.4, 0.5) is 5.69 Å². The van der Waals surface area contributed by atoms with Crippen LogP contribution in [0.1, 0.15) is 31.9 Å². The van der Waals surface area contributed by atoms with Gasteiger partial charge in [0.05, 0.1) is 34.1 Å². The molecule has 0 heterocycles. The van der Waals surface area contributed by atoms with E-state index in [1.54, 1.807) is 46.6 Å². The molecule has 6 heteroatoms. The highest BCUT2D eigenvalue weighted by molar-refractivity contribution is 6.03. The molecule has 0 bridgehead atoms. The average molecular weight is 399 g/mol. The van der Waals surface area contributed by atoms with Gasteiger partial charge in [0.25, 0.3) is 0 Å². The number of nitrogens with one attached hydrogen (secondary N) is 1. The highest BCUT2D eigenvalue weighted by atomic mass is 16.5. The summed E-state index contributed by atoms with van der Waals surface area (Å²) in [5, 5.41) is 2.89. The molecule has 2 aromatic carbocycles. The molecule has 1 amide bonds. The largest absolute Gasteiger partial charge is 0.495 e. The lowest BCUT2D eigenvalue weighted by Crippen LogP contribution is -2.14. The second-order valence-electron chi connectivity index (χ2n) is 7.45. The van der Waals surface area contributed by atoms with Crippen molar-refractivity contribution in [1.29, 1.82) is 0 Å². The summed E-state index contributed by atoms with van der Waals surface area (Å²) in [6.07, 6.45) is 3.13. The van der Waals surface area contributed by atoms with Gasteiger partial charge >= 0.3 is 0 Å². The van der Waals surface area contributed by atoms with Gasteiger partial charge in [-0.3, -0.25) is 4.79 Å². The van der Waals surface area contributed by atoms with Gasteiger partial charge in [-0.15, -0.1) is 0 Å². The molecule has 2 aromatic rings. The number of ether oxygens (including phenoxy) is 4. The summed E-state index contributed by atoms with van der Waals surface area (Å²) >= 11 is 0. The SMILES string of the molecule is COc1ccc(C(C)(C)C)cc1NC(=O)/C=C/c1cc(OC)c(OC)c(OC)c1. The smallest absolute Gasteiger partial charge is 0.248 e. The van der Waals surface area contributed by atoms with Crippen molar-refractivity contribution in [3.05, 3.63) is 47.5 Å². The van der Waals surface area contributed by atoms with E-state index in [0.717, 1.165) is 11.1 Å².